The number of rotatable bonds is 4. The molecule has 0 aromatic heterocycles. The van der Waals surface area contributed by atoms with Crippen LogP contribution >= 0.6 is 0 Å². The van der Waals surface area contributed by atoms with E-state index in [1.54, 1.807) is 12.1 Å². The van der Waals surface area contributed by atoms with E-state index in [1.807, 2.05) is 78.9 Å². The molecule has 1 atom stereocenters. The highest BCUT2D eigenvalue weighted by molar-refractivity contribution is 6.05. The summed E-state index contributed by atoms with van der Waals surface area (Å²) < 4.78 is 5.30. The van der Waals surface area contributed by atoms with Crippen LogP contribution in [0.5, 0.6) is 5.75 Å². The highest BCUT2D eigenvalue weighted by Crippen LogP contribution is 2.35. The minimum Gasteiger partial charge on any atom is -0.497 e. The topological polar surface area (TPSA) is 41.9 Å². The van der Waals surface area contributed by atoms with Crippen LogP contribution in [-0.4, -0.2) is 23.7 Å². The molecule has 0 aliphatic carbocycles. The van der Waals surface area contributed by atoms with Crippen LogP contribution in [0.2, 0.25) is 0 Å². The second-order valence-corrected chi connectivity index (χ2v) is 8.88. The average molecular weight is 413 g/mol. The van der Waals surface area contributed by atoms with Crippen LogP contribution < -0.4 is 4.74 Å². The Labute approximate surface area is 184 Å². The molecule has 0 unspecified atom stereocenters. The molecule has 0 spiro atoms. The molecule has 3 aromatic carbocycles. The summed E-state index contributed by atoms with van der Waals surface area (Å²) in [5.74, 6) is 0.703. The molecule has 1 amide bonds. The van der Waals surface area contributed by atoms with Crippen molar-refractivity contribution in [3.05, 3.63) is 101 Å². The lowest BCUT2D eigenvalue weighted by Gasteiger charge is -2.23. The van der Waals surface area contributed by atoms with E-state index in [9.17, 15) is 4.79 Å². The normalized spacial score (nSPS) is 16.2. The summed E-state index contributed by atoms with van der Waals surface area (Å²) in [5, 5.41) is 6.41. The van der Waals surface area contributed by atoms with Gasteiger partial charge in [0.1, 0.15) is 5.75 Å². The number of benzene rings is 3. The number of carbonyl (C=O) groups excluding carboxylic acids is 1. The van der Waals surface area contributed by atoms with Gasteiger partial charge < -0.3 is 4.74 Å². The number of ether oxygens (including phenoxy) is 1. The fraction of sp³-hybridized carbons (Fsp3) is 0.259. The van der Waals surface area contributed by atoms with Gasteiger partial charge in [0.25, 0.3) is 5.91 Å². The fourth-order valence-electron chi connectivity index (χ4n) is 3.83. The predicted molar refractivity (Wildman–Crippen MR) is 125 cm³/mol. The summed E-state index contributed by atoms with van der Waals surface area (Å²) in [6.07, 6.45) is 0.669. The zero-order valence-electron chi connectivity index (χ0n) is 18.5. The van der Waals surface area contributed by atoms with Crippen LogP contribution in [0, 0.1) is 0 Å². The second kappa shape index (κ2) is 8.38. The molecule has 158 valence electrons. The van der Waals surface area contributed by atoms with E-state index >= 15 is 0 Å². The number of methoxy groups -OCH3 is 1. The Hall–Kier alpha value is -3.40. The van der Waals surface area contributed by atoms with Gasteiger partial charge in [0.15, 0.2) is 0 Å². The minimum atomic E-state index is -0.157. The molecule has 0 N–H and O–H groups in total. The minimum absolute atomic E-state index is 0.0412. The Morgan fingerprint density at radius 1 is 0.935 bits per heavy atom. The maximum atomic E-state index is 13.5. The summed E-state index contributed by atoms with van der Waals surface area (Å²) in [4.78, 5) is 13.5. The van der Waals surface area contributed by atoms with Crippen molar-refractivity contribution in [2.75, 3.05) is 7.11 Å². The Morgan fingerprint density at radius 3 is 2.16 bits per heavy atom. The fourth-order valence-corrected chi connectivity index (χ4v) is 3.83. The van der Waals surface area contributed by atoms with E-state index in [-0.39, 0.29) is 17.4 Å². The third-order valence-corrected chi connectivity index (χ3v) is 5.72. The van der Waals surface area contributed by atoms with Gasteiger partial charge in [-0.1, -0.05) is 75.4 Å². The SMILES string of the molecule is COc1ccc([C@@H]2CC(c3ccccc3)=NN2C(=O)c2ccc(C(C)(C)C)cc2)cc1. The van der Waals surface area contributed by atoms with E-state index in [2.05, 4.69) is 20.8 Å². The molecule has 0 radical (unpaired) electrons. The zero-order chi connectivity index (χ0) is 22.0. The Morgan fingerprint density at radius 2 is 1.58 bits per heavy atom. The third-order valence-electron chi connectivity index (χ3n) is 5.72. The van der Waals surface area contributed by atoms with Crippen LogP contribution in [0.25, 0.3) is 0 Å². The van der Waals surface area contributed by atoms with Crippen LogP contribution in [0.15, 0.2) is 84.0 Å². The van der Waals surface area contributed by atoms with Crippen LogP contribution in [0.3, 0.4) is 0 Å². The molecule has 31 heavy (non-hydrogen) atoms. The van der Waals surface area contributed by atoms with Crippen LogP contribution in [0.4, 0.5) is 0 Å². The third kappa shape index (κ3) is 4.38. The number of hydrogen-bond donors (Lipinski definition) is 0. The number of hydrogen-bond acceptors (Lipinski definition) is 3. The van der Waals surface area contributed by atoms with Gasteiger partial charge >= 0.3 is 0 Å². The van der Waals surface area contributed by atoms with Gasteiger partial charge in [0.05, 0.1) is 18.9 Å². The molecular formula is C27H28N2O2. The molecule has 4 heteroatoms. The van der Waals surface area contributed by atoms with Crippen LogP contribution in [-0.2, 0) is 5.41 Å². The van der Waals surface area contributed by atoms with Crippen molar-refractivity contribution in [1.29, 1.82) is 0 Å². The van der Waals surface area contributed by atoms with E-state index in [0.717, 1.165) is 22.6 Å². The van der Waals surface area contributed by atoms with Crippen molar-refractivity contribution in [3.8, 4) is 5.75 Å². The van der Waals surface area contributed by atoms with E-state index in [0.29, 0.717) is 12.0 Å². The van der Waals surface area contributed by atoms with Gasteiger partial charge in [-0.05, 0) is 46.4 Å². The van der Waals surface area contributed by atoms with Crippen LogP contribution in [0.1, 0.15) is 60.3 Å². The highest BCUT2D eigenvalue weighted by atomic mass is 16.5. The molecule has 0 bridgehead atoms. The van der Waals surface area contributed by atoms with Gasteiger partial charge in [-0.15, -0.1) is 0 Å². The predicted octanol–water partition coefficient (Wildman–Crippen LogP) is 5.98. The second-order valence-electron chi connectivity index (χ2n) is 8.88. The monoisotopic (exact) mass is 412 g/mol. The first-order chi connectivity index (χ1) is 14.9. The Balaban J connectivity index is 1.69. The van der Waals surface area contributed by atoms with Crippen molar-refractivity contribution in [1.82, 2.24) is 5.01 Å². The molecule has 3 aromatic rings. The molecule has 4 nitrogen and oxygen atoms in total. The van der Waals surface area contributed by atoms with E-state index in [4.69, 9.17) is 9.84 Å². The lowest BCUT2D eigenvalue weighted by molar-refractivity contribution is 0.0711. The lowest BCUT2D eigenvalue weighted by atomic mass is 9.86. The largest absolute Gasteiger partial charge is 0.497 e. The number of carbonyl (C=O) groups is 1. The molecule has 0 saturated heterocycles. The number of nitrogens with zero attached hydrogens (tertiary/aromatic N) is 2. The van der Waals surface area contributed by atoms with E-state index in [1.165, 1.54) is 5.56 Å². The summed E-state index contributed by atoms with van der Waals surface area (Å²) in [6.45, 7) is 6.50. The van der Waals surface area contributed by atoms with Crippen molar-refractivity contribution in [2.45, 2.75) is 38.6 Å². The molecule has 0 saturated carbocycles. The van der Waals surface area contributed by atoms with Gasteiger partial charge in [0.2, 0.25) is 0 Å². The molecule has 4 rings (SSSR count). The number of hydrazone groups is 1. The molecule has 0 fully saturated rings. The highest BCUT2D eigenvalue weighted by Gasteiger charge is 2.33. The van der Waals surface area contributed by atoms with Gasteiger partial charge in [-0.25, -0.2) is 5.01 Å². The van der Waals surface area contributed by atoms with Crippen molar-refractivity contribution in [3.63, 3.8) is 0 Å². The number of amides is 1. The molecule has 1 aliphatic heterocycles. The van der Waals surface area contributed by atoms with E-state index < -0.39 is 0 Å². The quantitative estimate of drug-likeness (QED) is 0.529. The molecular weight excluding hydrogens is 384 g/mol. The summed E-state index contributed by atoms with van der Waals surface area (Å²) in [5.41, 5.74) is 4.88. The first-order valence-electron chi connectivity index (χ1n) is 10.6. The van der Waals surface area contributed by atoms with Crippen molar-refractivity contribution in [2.24, 2.45) is 5.10 Å². The Kier molecular flexibility index (Phi) is 5.64. The Bertz CT molecular complexity index is 1080. The first-order valence-corrected chi connectivity index (χ1v) is 10.6. The zero-order valence-corrected chi connectivity index (χ0v) is 18.5. The first kappa shape index (κ1) is 20.9. The lowest BCUT2D eigenvalue weighted by Crippen LogP contribution is -2.27. The summed E-state index contributed by atoms with van der Waals surface area (Å²) in [7, 11) is 1.65. The van der Waals surface area contributed by atoms with Gasteiger partial charge in [-0.2, -0.15) is 5.10 Å². The molecule has 1 aliphatic rings. The molecule has 1 heterocycles. The maximum Gasteiger partial charge on any atom is 0.274 e. The maximum absolute atomic E-state index is 13.5. The average Bonchev–Trinajstić information content (AvgIpc) is 3.24. The van der Waals surface area contributed by atoms with Crippen molar-refractivity contribution >= 4 is 11.6 Å². The van der Waals surface area contributed by atoms with Gasteiger partial charge in [-0.3, -0.25) is 4.79 Å². The van der Waals surface area contributed by atoms with Gasteiger partial charge in [0, 0.05) is 12.0 Å². The summed E-state index contributed by atoms with van der Waals surface area (Å²) >= 11 is 0. The standard InChI is InChI=1S/C27H28N2O2/c1-27(2,3)22-14-10-21(11-15-22)26(30)29-25(20-12-16-23(31-4)17-13-20)18-24(28-29)19-8-6-5-7-9-19/h5-17,25H,18H2,1-4H3/t25-/m0/s1. The smallest absolute Gasteiger partial charge is 0.274 e. The van der Waals surface area contributed by atoms with Crippen molar-refractivity contribution < 1.29 is 9.53 Å². The summed E-state index contributed by atoms with van der Waals surface area (Å²) in [6, 6.07) is 25.7.